The molecule has 2 heterocycles. The second kappa shape index (κ2) is 8.53. The summed E-state index contributed by atoms with van der Waals surface area (Å²) in [5.41, 5.74) is 0.252. The van der Waals surface area contributed by atoms with Crippen LogP contribution in [0.25, 0.3) is 0 Å². The van der Waals surface area contributed by atoms with E-state index in [4.69, 9.17) is 9.47 Å². The quantitative estimate of drug-likeness (QED) is 0.760. The Morgan fingerprint density at radius 3 is 2.68 bits per heavy atom. The Morgan fingerprint density at radius 2 is 2.00 bits per heavy atom. The van der Waals surface area contributed by atoms with Crippen LogP contribution in [0.15, 0.2) is 6.07 Å². The third-order valence-corrected chi connectivity index (χ3v) is 3.69. The minimum atomic E-state index is -0.238. The topological polar surface area (TPSA) is 76.6 Å². The van der Waals surface area contributed by atoms with Gasteiger partial charge in [-0.25, -0.2) is 0 Å². The van der Waals surface area contributed by atoms with Gasteiger partial charge in [-0.05, 0) is 38.9 Å². The molecule has 1 aromatic rings. The zero-order chi connectivity index (χ0) is 15.8. The molecule has 7 nitrogen and oxygen atoms in total. The number of hydrogen-bond acceptors (Lipinski definition) is 6. The zero-order valence-corrected chi connectivity index (χ0v) is 13.3. The number of hydrogen-bond donors (Lipinski definition) is 1. The molecule has 0 unspecified atom stereocenters. The monoisotopic (exact) mass is 308 g/mol. The smallest absolute Gasteiger partial charge is 0.320 e. The second-order valence-electron chi connectivity index (χ2n) is 5.29. The van der Waals surface area contributed by atoms with Crippen LogP contribution in [0.4, 0.5) is 0 Å². The number of carbonyl (C=O) groups excluding carboxylic acids is 1. The molecule has 1 saturated heterocycles. The average Bonchev–Trinajstić information content (AvgIpc) is 2.58. The van der Waals surface area contributed by atoms with Crippen molar-refractivity contribution < 1.29 is 14.3 Å². The summed E-state index contributed by atoms with van der Waals surface area (Å²) in [5, 5.41) is 2.87. The Bertz CT molecular complexity index is 467. The lowest BCUT2D eigenvalue weighted by atomic mass is 10.1. The van der Waals surface area contributed by atoms with Crippen molar-refractivity contribution in [3.05, 3.63) is 11.8 Å². The third kappa shape index (κ3) is 4.84. The normalized spacial score (nSPS) is 15.4. The standard InChI is InChI=1S/C15H24N4O3/c1-21-13-11-12(17-15(18-13)22-2)14(20)16-7-6-10-19-8-4-3-5-9-19/h11H,3-10H2,1-2H3,(H,16,20). The summed E-state index contributed by atoms with van der Waals surface area (Å²) in [5.74, 6) is 0.0722. The minimum absolute atomic E-state index is 0.123. The number of amides is 1. The van der Waals surface area contributed by atoms with Gasteiger partial charge in [0.2, 0.25) is 5.88 Å². The Balaban J connectivity index is 1.79. The first kappa shape index (κ1) is 16.5. The van der Waals surface area contributed by atoms with Crippen molar-refractivity contribution in [3.63, 3.8) is 0 Å². The highest BCUT2D eigenvalue weighted by atomic mass is 16.5. The highest BCUT2D eigenvalue weighted by Gasteiger charge is 2.13. The molecule has 1 aliphatic heterocycles. The van der Waals surface area contributed by atoms with Crippen molar-refractivity contribution in [1.29, 1.82) is 0 Å². The fourth-order valence-corrected chi connectivity index (χ4v) is 2.49. The van der Waals surface area contributed by atoms with E-state index in [-0.39, 0.29) is 17.6 Å². The number of ether oxygens (including phenoxy) is 2. The van der Waals surface area contributed by atoms with Crippen LogP contribution in [0.5, 0.6) is 11.9 Å². The van der Waals surface area contributed by atoms with E-state index in [1.807, 2.05) is 0 Å². The summed E-state index contributed by atoms with van der Waals surface area (Å²) < 4.78 is 10.00. The van der Waals surface area contributed by atoms with Gasteiger partial charge in [-0.1, -0.05) is 6.42 Å². The van der Waals surface area contributed by atoms with Gasteiger partial charge in [0, 0.05) is 12.6 Å². The molecule has 0 atom stereocenters. The molecular formula is C15H24N4O3. The van der Waals surface area contributed by atoms with Gasteiger partial charge in [-0.15, -0.1) is 0 Å². The molecule has 1 amide bonds. The molecular weight excluding hydrogens is 284 g/mol. The first-order valence-electron chi connectivity index (χ1n) is 7.70. The first-order chi connectivity index (χ1) is 10.7. The van der Waals surface area contributed by atoms with Gasteiger partial charge in [-0.3, -0.25) is 4.79 Å². The summed E-state index contributed by atoms with van der Waals surface area (Å²) in [4.78, 5) is 22.6. The SMILES string of the molecule is COc1cc(C(=O)NCCCN2CCCCC2)nc(OC)n1. The van der Waals surface area contributed by atoms with E-state index in [1.165, 1.54) is 52.6 Å². The molecule has 0 aromatic carbocycles. The number of methoxy groups -OCH3 is 2. The van der Waals surface area contributed by atoms with E-state index in [1.54, 1.807) is 0 Å². The number of carbonyl (C=O) groups is 1. The van der Waals surface area contributed by atoms with Crippen LogP contribution in [-0.4, -0.2) is 61.2 Å². The molecule has 22 heavy (non-hydrogen) atoms. The molecule has 122 valence electrons. The van der Waals surface area contributed by atoms with Gasteiger partial charge in [0.15, 0.2) is 0 Å². The number of rotatable bonds is 7. The maximum Gasteiger partial charge on any atom is 0.320 e. The van der Waals surface area contributed by atoms with Crippen LogP contribution >= 0.6 is 0 Å². The van der Waals surface area contributed by atoms with E-state index >= 15 is 0 Å². The lowest BCUT2D eigenvalue weighted by Crippen LogP contribution is -2.33. The molecule has 1 fully saturated rings. The van der Waals surface area contributed by atoms with E-state index in [9.17, 15) is 4.79 Å². The average molecular weight is 308 g/mol. The number of likely N-dealkylation sites (tertiary alicyclic amines) is 1. The molecule has 0 spiro atoms. The van der Waals surface area contributed by atoms with Crippen molar-refractivity contribution in [2.75, 3.05) is 40.4 Å². The first-order valence-corrected chi connectivity index (χ1v) is 7.70. The van der Waals surface area contributed by atoms with Crippen molar-refractivity contribution in [1.82, 2.24) is 20.2 Å². The summed E-state index contributed by atoms with van der Waals surface area (Å²) in [6, 6.07) is 1.63. The van der Waals surface area contributed by atoms with E-state index < -0.39 is 0 Å². The maximum atomic E-state index is 12.1. The predicted molar refractivity (Wildman–Crippen MR) is 82.4 cm³/mol. The van der Waals surface area contributed by atoms with E-state index in [0.717, 1.165) is 13.0 Å². The predicted octanol–water partition coefficient (Wildman–Crippen LogP) is 1.10. The van der Waals surface area contributed by atoms with E-state index in [0.29, 0.717) is 12.4 Å². The Hall–Kier alpha value is -1.89. The zero-order valence-electron chi connectivity index (χ0n) is 13.3. The maximum absolute atomic E-state index is 12.1. The molecule has 0 radical (unpaired) electrons. The third-order valence-electron chi connectivity index (χ3n) is 3.69. The Kier molecular flexibility index (Phi) is 6.39. The fraction of sp³-hybridized carbons (Fsp3) is 0.667. The van der Waals surface area contributed by atoms with Gasteiger partial charge < -0.3 is 19.7 Å². The van der Waals surface area contributed by atoms with Crippen molar-refractivity contribution in [3.8, 4) is 11.9 Å². The number of nitrogens with one attached hydrogen (secondary N) is 1. The van der Waals surface area contributed by atoms with Gasteiger partial charge in [0.05, 0.1) is 14.2 Å². The molecule has 1 aliphatic rings. The Labute approximate surface area is 131 Å². The highest BCUT2D eigenvalue weighted by molar-refractivity contribution is 5.92. The van der Waals surface area contributed by atoms with Crippen LogP contribution in [0.1, 0.15) is 36.2 Å². The van der Waals surface area contributed by atoms with E-state index in [2.05, 4.69) is 20.2 Å². The second-order valence-corrected chi connectivity index (χ2v) is 5.29. The lowest BCUT2D eigenvalue weighted by Gasteiger charge is -2.26. The summed E-state index contributed by atoms with van der Waals surface area (Å²) in [6.45, 7) is 4.00. The van der Waals surface area contributed by atoms with Crippen LogP contribution < -0.4 is 14.8 Å². The van der Waals surface area contributed by atoms with Gasteiger partial charge in [0.25, 0.3) is 5.91 Å². The fourth-order valence-electron chi connectivity index (χ4n) is 2.49. The summed E-state index contributed by atoms with van der Waals surface area (Å²) >= 11 is 0. The number of aromatic nitrogens is 2. The highest BCUT2D eigenvalue weighted by Crippen LogP contribution is 2.13. The van der Waals surface area contributed by atoms with Gasteiger partial charge >= 0.3 is 6.01 Å². The van der Waals surface area contributed by atoms with Crippen LogP contribution in [0, 0.1) is 0 Å². The minimum Gasteiger partial charge on any atom is -0.481 e. The Morgan fingerprint density at radius 1 is 1.23 bits per heavy atom. The molecule has 1 N–H and O–H groups in total. The number of piperidine rings is 1. The van der Waals surface area contributed by atoms with Crippen LogP contribution in [0.3, 0.4) is 0 Å². The van der Waals surface area contributed by atoms with Crippen LogP contribution in [0.2, 0.25) is 0 Å². The molecule has 0 bridgehead atoms. The lowest BCUT2D eigenvalue weighted by molar-refractivity contribution is 0.0944. The van der Waals surface area contributed by atoms with Gasteiger partial charge in [0.1, 0.15) is 5.69 Å². The molecule has 7 heteroatoms. The van der Waals surface area contributed by atoms with Crippen molar-refractivity contribution >= 4 is 5.91 Å². The molecule has 2 rings (SSSR count). The molecule has 0 aliphatic carbocycles. The van der Waals surface area contributed by atoms with Crippen molar-refractivity contribution in [2.24, 2.45) is 0 Å². The van der Waals surface area contributed by atoms with Crippen LogP contribution in [-0.2, 0) is 0 Å². The molecule has 1 aromatic heterocycles. The molecule has 0 saturated carbocycles. The van der Waals surface area contributed by atoms with Crippen molar-refractivity contribution in [2.45, 2.75) is 25.7 Å². The summed E-state index contributed by atoms with van der Waals surface area (Å²) in [6.07, 6.45) is 4.84. The summed E-state index contributed by atoms with van der Waals surface area (Å²) in [7, 11) is 2.94. The largest absolute Gasteiger partial charge is 0.481 e. The van der Waals surface area contributed by atoms with Gasteiger partial charge in [-0.2, -0.15) is 9.97 Å². The number of nitrogens with zero attached hydrogens (tertiary/aromatic N) is 3.